The number of esters is 1. The molecule has 0 heterocycles. The number of methoxy groups -OCH3 is 2. The predicted molar refractivity (Wildman–Crippen MR) is 79.8 cm³/mol. The lowest BCUT2D eigenvalue weighted by molar-refractivity contribution is 0.0600. The van der Waals surface area contributed by atoms with Crippen molar-refractivity contribution < 1.29 is 19.0 Å². The minimum absolute atomic E-state index is 0.147. The second-order valence-electron chi connectivity index (χ2n) is 4.43. The van der Waals surface area contributed by atoms with E-state index in [4.69, 9.17) is 9.47 Å². The Morgan fingerprint density at radius 3 is 2.45 bits per heavy atom. The largest absolute Gasteiger partial charge is 0.493 e. The quantitative estimate of drug-likeness (QED) is 0.794. The fourth-order valence-corrected chi connectivity index (χ4v) is 1.94. The van der Waals surface area contributed by atoms with Crippen molar-refractivity contribution in [2.24, 2.45) is 0 Å². The summed E-state index contributed by atoms with van der Waals surface area (Å²) in [6.45, 7) is 0.333. The molecule has 0 aliphatic rings. The van der Waals surface area contributed by atoms with Gasteiger partial charge in [0.25, 0.3) is 0 Å². The molecule has 0 atom stereocenters. The molecule has 0 bridgehead atoms. The second-order valence-corrected chi connectivity index (χ2v) is 4.43. The van der Waals surface area contributed by atoms with E-state index in [0.29, 0.717) is 18.1 Å². The monoisotopic (exact) mass is 297 g/mol. The Labute approximate surface area is 128 Å². The molecule has 0 radical (unpaired) electrons. The van der Waals surface area contributed by atoms with Gasteiger partial charge in [0.05, 0.1) is 25.3 Å². The van der Waals surface area contributed by atoms with Crippen LogP contribution in [0.5, 0.6) is 11.5 Å². The SMILES string of the molecule is COC(=O)c1cc(OC)c(OCc2ccccc2)cc1C#N. The first-order chi connectivity index (χ1) is 10.7. The smallest absolute Gasteiger partial charge is 0.339 e. The summed E-state index contributed by atoms with van der Waals surface area (Å²) in [5.41, 5.74) is 1.31. The highest BCUT2D eigenvalue weighted by atomic mass is 16.5. The van der Waals surface area contributed by atoms with Crippen molar-refractivity contribution in [3.05, 3.63) is 59.2 Å². The average Bonchev–Trinajstić information content (AvgIpc) is 2.59. The topological polar surface area (TPSA) is 68.6 Å². The maximum Gasteiger partial charge on any atom is 0.339 e. The maximum atomic E-state index is 11.7. The first-order valence-electron chi connectivity index (χ1n) is 6.56. The van der Waals surface area contributed by atoms with E-state index in [1.54, 1.807) is 0 Å². The number of hydrogen-bond acceptors (Lipinski definition) is 5. The van der Waals surface area contributed by atoms with Gasteiger partial charge in [0, 0.05) is 6.07 Å². The molecule has 0 saturated heterocycles. The van der Waals surface area contributed by atoms with Gasteiger partial charge in [-0.1, -0.05) is 30.3 Å². The number of carbonyl (C=O) groups is 1. The van der Waals surface area contributed by atoms with Crippen LogP contribution in [0.3, 0.4) is 0 Å². The van der Waals surface area contributed by atoms with E-state index in [-0.39, 0.29) is 11.1 Å². The van der Waals surface area contributed by atoms with Crippen LogP contribution in [0, 0.1) is 11.3 Å². The van der Waals surface area contributed by atoms with E-state index >= 15 is 0 Å². The highest BCUT2D eigenvalue weighted by Gasteiger charge is 2.17. The third kappa shape index (κ3) is 3.36. The van der Waals surface area contributed by atoms with Crippen LogP contribution in [0.25, 0.3) is 0 Å². The van der Waals surface area contributed by atoms with Crippen molar-refractivity contribution in [2.75, 3.05) is 14.2 Å². The third-order valence-corrected chi connectivity index (χ3v) is 3.07. The van der Waals surface area contributed by atoms with Crippen LogP contribution in [0.1, 0.15) is 21.5 Å². The van der Waals surface area contributed by atoms with Crippen LogP contribution in [-0.4, -0.2) is 20.2 Å². The van der Waals surface area contributed by atoms with Crippen molar-refractivity contribution in [1.29, 1.82) is 5.26 Å². The minimum Gasteiger partial charge on any atom is -0.493 e. The highest BCUT2D eigenvalue weighted by molar-refractivity contribution is 5.93. The summed E-state index contributed by atoms with van der Waals surface area (Å²) in [5, 5.41) is 9.18. The molecular weight excluding hydrogens is 282 g/mol. The van der Waals surface area contributed by atoms with Gasteiger partial charge in [0.1, 0.15) is 12.7 Å². The van der Waals surface area contributed by atoms with Crippen molar-refractivity contribution in [3.63, 3.8) is 0 Å². The van der Waals surface area contributed by atoms with Gasteiger partial charge in [-0.3, -0.25) is 0 Å². The predicted octanol–water partition coefficient (Wildman–Crippen LogP) is 2.93. The molecule has 0 unspecified atom stereocenters. The second kappa shape index (κ2) is 7.14. The van der Waals surface area contributed by atoms with Crippen LogP contribution in [0.4, 0.5) is 0 Å². The highest BCUT2D eigenvalue weighted by Crippen LogP contribution is 2.31. The Balaban J connectivity index is 2.31. The number of benzene rings is 2. The summed E-state index contributed by atoms with van der Waals surface area (Å²) in [7, 11) is 2.73. The van der Waals surface area contributed by atoms with Crippen LogP contribution in [-0.2, 0) is 11.3 Å². The lowest BCUT2D eigenvalue weighted by Crippen LogP contribution is -2.06. The van der Waals surface area contributed by atoms with Gasteiger partial charge >= 0.3 is 5.97 Å². The Kier molecular flexibility index (Phi) is 4.99. The number of nitrogens with zero attached hydrogens (tertiary/aromatic N) is 1. The van der Waals surface area contributed by atoms with E-state index in [0.717, 1.165) is 5.56 Å². The molecule has 0 amide bonds. The fourth-order valence-electron chi connectivity index (χ4n) is 1.94. The van der Waals surface area contributed by atoms with Crippen LogP contribution >= 0.6 is 0 Å². The number of carbonyl (C=O) groups excluding carboxylic acids is 1. The summed E-state index contributed by atoms with van der Waals surface area (Å²) in [5.74, 6) is 0.176. The molecule has 5 heteroatoms. The molecule has 0 aliphatic heterocycles. The molecular formula is C17H15NO4. The Hall–Kier alpha value is -3.00. The van der Waals surface area contributed by atoms with E-state index in [1.165, 1.54) is 26.4 Å². The Morgan fingerprint density at radius 1 is 1.14 bits per heavy atom. The molecule has 2 aromatic carbocycles. The minimum atomic E-state index is -0.593. The molecule has 22 heavy (non-hydrogen) atoms. The van der Waals surface area contributed by atoms with E-state index in [2.05, 4.69) is 4.74 Å². The average molecular weight is 297 g/mol. The van der Waals surface area contributed by atoms with Crippen LogP contribution in [0.15, 0.2) is 42.5 Å². The van der Waals surface area contributed by atoms with Crippen molar-refractivity contribution in [3.8, 4) is 17.6 Å². The number of ether oxygens (including phenoxy) is 3. The molecule has 0 spiro atoms. The molecule has 0 aliphatic carbocycles. The molecule has 2 rings (SSSR count). The third-order valence-electron chi connectivity index (χ3n) is 3.07. The first kappa shape index (κ1) is 15.4. The van der Waals surface area contributed by atoms with E-state index in [1.807, 2.05) is 36.4 Å². The fraction of sp³-hybridized carbons (Fsp3) is 0.176. The summed E-state index contributed by atoms with van der Waals surface area (Å²) < 4.78 is 15.6. The molecule has 5 nitrogen and oxygen atoms in total. The van der Waals surface area contributed by atoms with Crippen LogP contribution in [0.2, 0.25) is 0 Å². The molecule has 0 saturated carbocycles. The van der Waals surface area contributed by atoms with Gasteiger partial charge in [0.15, 0.2) is 11.5 Å². The van der Waals surface area contributed by atoms with Gasteiger partial charge < -0.3 is 14.2 Å². The normalized spacial score (nSPS) is 9.68. The molecule has 0 fully saturated rings. The van der Waals surface area contributed by atoms with Crippen molar-refractivity contribution >= 4 is 5.97 Å². The molecule has 2 aromatic rings. The number of rotatable bonds is 5. The van der Waals surface area contributed by atoms with Crippen LogP contribution < -0.4 is 9.47 Å². The van der Waals surface area contributed by atoms with E-state index in [9.17, 15) is 10.1 Å². The zero-order valence-corrected chi connectivity index (χ0v) is 12.3. The Bertz CT molecular complexity index is 705. The lowest BCUT2D eigenvalue weighted by Gasteiger charge is -2.13. The summed E-state index contributed by atoms with van der Waals surface area (Å²) in [4.78, 5) is 11.7. The number of nitriles is 1. The van der Waals surface area contributed by atoms with Crippen molar-refractivity contribution in [1.82, 2.24) is 0 Å². The lowest BCUT2D eigenvalue weighted by atomic mass is 10.1. The summed E-state index contributed by atoms with van der Waals surface area (Å²) >= 11 is 0. The molecule has 0 N–H and O–H groups in total. The molecule has 0 aromatic heterocycles. The van der Waals surface area contributed by atoms with Gasteiger partial charge in [-0.15, -0.1) is 0 Å². The van der Waals surface area contributed by atoms with Crippen molar-refractivity contribution in [2.45, 2.75) is 6.61 Å². The first-order valence-corrected chi connectivity index (χ1v) is 6.56. The van der Waals surface area contributed by atoms with Gasteiger partial charge in [-0.25, -0.2) is 4.79 Å². The standard InChI is InChI=1S/C17H15NO4/c1-20-15-9-14(17(19)21-2)13(10-18)8-16(15)22-11-12-6-4-3-5-7-12/h3-9H,11H2,1-2H3. The van der Waals surface area contributed by atoms with E-state index < -0.39 is 5.97 Å². The summed E-state index contributed by atoms with van der Waals surface area (Å²) in [6, 6.07) is 14.5. The van der Waals surface area contributed by atoms with Gasteiger partial charge in [0.2, 0.25) is 0 Å². The van der Waals surface area contributed by atoms with Gasteiger partial charge in [-0.05, 0) is 11.6 Å². The zero-order chi connectivity index (χ0) is 15.9. The molecule has 112 valence electrons. The van der Waals surface area contributed by atoms with Gasteiger partial charge in [-0.2, -0.15) is 5.26 Å². The number of hydrogen-bond donors (Lipinski definition) is 0. The Morgan fingerprint density at radius 2 is 1.86 bits per heavy atom. The summed E-state index contributed by atoms with van der Waals surface area (Å²) in [6.07, 6.45) is 0. The maximum absolute atomic E-state index is 11.7. The zero-order valence-electron chi connectivity index (χ0n) is 12.3.